The van der Waals surface area contributed by atoms with E-state index in [4.69, 9.17) is 33.7 Å². The van der Waals surface area contributed by atoms with Gasteiger partial charge >= 0.3 is 5.97 Å². The molecular formula is C14H13Cl2N3O2. The van der Waals surface area contributed by atoms with Crippen LogP contribution < -0.4 is 5.73 Å². The Kier molecular flexibility index (Phi) is 4.98. The number of pyridine rings is 2. The lowest BCUT2D eigenvalue weighted by molar-refractivity contribution is -0.142. The normalized spacial score (nSPS) is 10.4. The van der Waals surface area contributed by atoms with Gasteiger partial charge in [-0.1, -0.05) is 29.3 Å². The lowest BCUT2D eigenvalue weighted by Gasteiger charge is -2.12. The van der Waals surface area contributed by atoms with Crippen LogP contribution in [0.5, 0.6) is 0 Å². The Labute approximate surface area is 132 Å². The second kappa shape index (κ2) is 6.74. The Morgan fingerprint density at radius 1 is 1.43 bits per heavy atom. The third-order valence-electron chi connectivity index (χ3n) is 2.75. The molecule has 21 heavy (non-hydrogen) atoms. The maximum absolute atomic E-state index is 11.7. The number of anilines is 1. The highest BCUT2D eigenvalue weighted by Gasteiger charge is 2.17. The van der Waals surface area contributed by atoms with Crippen LogP contribution in [0.2, 0.25) is 10.3 Å². The Morgan fingerprint density at radius 3 is 2.86 bits per heavy atom. The van der Waals surface area contributed by atoms with E-state index in [0.29, 0.717) is 29.1 Å². The SMILES string of the molecule is CCOC(=O)Cc1ncccc1-c1c(N)cc(Cl)nc1Cl. The van der Waals surface area contributed by atoms with Crippen molar-refractivity contribution in [2.75, 3.05) is 12.3 Å². The highest BCUT2D eigenvalue weighted by Crippen LogP contribution is 2.35. The average molecular weight is 326 g/mol. The zero-order valence-electron chi connectivity index (χ0n) is 11.3. The number of aromatic nitrogens is 2. The van der Waals surface area contributed by atoms with Crippen molar-refractivity contribution in [3.05, 3.63) is 40.4 Å². The van der Waals surface area contributed by atoms with E-state index in [1.165, 1.54) is 6.07 Å². The molecule has 2 rings (SSSR count). The van der Waals surface area contributed by atoms with Gasteiger partial charge < -0.3 is 10.5 Å². The molecule has 0 atom stereocenters. The van der Waals surface area contributed by atoms with Crippen LogP contribution in [0.3, 0.4) is 0 Å². The van der Waals surface area contributed by atoms with E-state index >= 15 is 0 Å². The molecule has 0 spiro atoms. The summed E-state index contributed by atoms with van der Waals surface area (Å²) in [6.07, 6.45) is 1.62. The van der Waals surface area contributed by atoms with E-state index in [0.717, 1.165) is 0 Å². The van der Waals surface area contributed by atoms with Gasteiger partial charge in [-0.25, -0.2) is 4.98 Å². The van der Waals surface area contributed by atoms with Crippen LogP contribution in [0.15, 0.2) is 24.4 Å². The zero-order valence-corrected chi connectivity index (χ0v) is 12.8. The fourth-order valence-electron chi connectivity index (χ4n) is 1.92. The fraction of sp³-hybridized carbons (Fsp3) is 0.214. The lowest BCUT2D eigenvalue weighted by atomic mass is 10.0. The summed E-state index contributed by atoms with van der Waals surface area (Å²) in [5.74, 6) is -0.367. The summed E-state index contributed by atoms with van der Waals surface area (Å²) >= 11 is 11.9. The van der Waals surface area contributed by atoms with Gasteiger partial charge in [0.25, 0.3) is 0 Å². The van der Waals surface area contributed by atoms with Gasteiger partial charge in [-0.05, 0) is 19.1 Å². The predicted octanol–water partition coefficient (Wildman–Crippen LogP) is 3.14. The summed E-state index contributed by atoms with van der Waals surface area (Å²) in [6.45, 7) is 2.06. The molecule has 0 aliphatic carbocycles. The first kappa shape index (κ1) is 15.5. The number of nitrogens with two attached hydrogens (primary N) is 1. The van der Waals surface area contributed by atoms with Crippen LogP contribution in [0.25, 0.3) is 11.1 Å². The second-order valence-electron chi connectivity index (χ2n) is 4.18. The van der Waals surface area contributed by atoms with Gasteiger partial charge in [-0.15, -0.1) is 0 Å². The van der Waals surface area contributed by atoms with E-state index in [1.807, 2.05) is 0 Å². The van der Waals surface area contributed by atoms with Gasteiger partial charge in [0.05, 0.1) is 18.7 Å². The third kappa shape index (κ3) is 3.62. The van der Waals surface area contributed by atoms with Crippen molar-refractivity contribution in [3.63, 3.8) is 0 Å². The smallest absolute Gasteiger partial charge is 0.311 e. The molecule has 2 aromatic heterocycles. The summed E-state index contributed by atoms with van der Waals surface area (Å²) in [7, 11) is 0. The van der Waals surface area contributed by atoms with E-state index < -0.39 is 0 Å². The Hall–Kier alpha value is -1.85. The minimum absolute atomic E-state index is 0.0302. The molecule has 0 aromatic carbocycles. The fourth-order valence-corrected chi connectivity index (χ4v) is 2.47. The van der Waals surface area contributed by atoms with Crippen LogP contribution in [0.4, 0.5) is 5.69 Å². The van der Waals surface area contributed by atoms with E-state index in [9.17, 15) is 4.79 Å². The Morgan fingerprint density at radius 2 is 2.19 bits per heavy atom. The molecule has 0 bridgehead atoms. The number of carbonyl (C=O) groups is 1. The molecule has 5 nitrogen and oxygen atoms in total. The molecular weight excluding hydrogens is 313 g/mol. The van der Waals surface area contributed by atoms with Gasteiger partial charge in [0, 0.05) is 23.0 Å². The maximum atomic E-state index is 11.7. The second-order valence-corrected chi connectivity index (χ2v) is 4.92. The van der Waals surface area contributed by atoms with Crippen LogP contribution in [0.1, 0.15) is 12.6 Å². The molecule has 2 heterocycles. The molecule has 2 N–H and O–H groups in total. The molecule has 0 fully saturated rings. The number of halogens is 2. The summed E-state index contributed by atoms with van der Waals surface area (Å²) in [4.78, 5) is 19.8. The number of nitrogen functional groups attached to an aromatic ring is 1. The average Bonchev–Trinajstić information content (AvgIpc) is 2.39. The molecule has 0 saturated carbocycles. The summed E-state index contributed by atoms with van der Waals surface area (Å²) < 4.78 is 4.94. The van der Waals surface area contributed by atoms with Crippen molar-refractivity contribution in [2.24, 2.45) is 0 Å². The van der Waals surface area contributed by atoms with Crippen LogP contribution >= 0.6 is 23.2 Å². The van der Waals surface area contributed by atoms with Crippen LogP contribution in [-0.4, -0.2) is 22.5 Å². The molecule has 0 amide bonds. The van der Waals surface area contributed by atoms with E-state index in [2.05, 4.69) is 9.97 Å². The number of hydrogen-bond donors (Lipinski definition) is 1. The van der Waals surface area contributed by atoms with Crippen molar-refractivity contribution < 1.29 is 9.53 Å². The molecule has 2 aromatic rings. The van der Waals surface area contributed by atoms with Gasteiger partial charge in [-0.2, -0.15) is 0 Å². The molecule has 0 aliphatic heterocycles. The lowest BCUT2D eigenvalue weighted by Crippen LogP contribution is -2.10. The van der Waals surface area contributed by atoms with Crippen molar-refractivity contribution in [2.45, 2.75) is 13.3 Å². The maximum Gasteiger partial charge on any atom is 0.311 e. The Balaban J connectivity index is 2.48. The molecule has 0 saturated heterocycles. The number of esters is 1. The first-order valence-electron chi connectivity index (χ1n) is 6.24. The number of hydrogen-bond acceptors (Lipinski definition) is 5. The summed E-state index contributed by atoms with van der Waals surface area (Å²) in [6, 6.07) is 5.01. The predicted molar refractivity (Wildman–Crippen MR) is 82.2 cm³/mol. The van der Waals surface area contributed by atoms with Gasteiger partial charge in [0.2, 0.25) is 0 Å². The number of carbonyl (C=O) groups excluding carboxylic acids is 1. The highest BCUT2D eigenvalue weighted by atomic mass is 35.5. The van der Waals surface area contributed by atoms with E-state index in [-0.39, 0.29) is 22.7 Å². The minimum Gasteiger partial charge on any atom is -0.466 e. The summed E-state index contributed by atoms with van der Waals surface area (Å²) in [5.41, 5.74) is 8.00. The molecule has 0 radical (unpaired) electrons. The van der Waals surface area contributed by atoms with E-state index in [1.54, 1.807) is 25.3 Å². The van der Waals surface area contributed by atoms with Crippen LogP contribution in [-0.2, 0) is 16.0 Å². The number of ether oxygens (including phenoxy) is 1. The van der Waals surface area contributed by atoms with Crippen molar-refractivity contribution >= 4 is 34.9 Å². The number of rotatable bonds is 4. The van der Waals surface area contributed by atoms with Crippen molar-refractivity contribution in [3.8, 4) is 11.1 Å². The Bertz CT molecular complexity index is 654. The standard InChI is InChI=1S/C14H13Cl2N3O2/c1-2-21-12(20)7-10-8(4-3-5-18-10)13-9(17)6-11(15)19-14(13)16/h3-6H,2,7H2,1H3,(H2,17,19). The quantitative estimate of drug-likeness (QED) is 0.690. The first-order chi connectivity index (χ1) is 10.0. The van der Waals surface area contributed by atoms with Gasteiger partial charge in [0.1, 0.15) is 10.3 Å². The first-order valence-corrected chi connectivity index (χ1v) is 7.00. The topological polar surface area (TPSA) is 78.1 Å². The number of nitrogens with zero attached hydrogens (tertiary/aromatic N) is 2. The minimum atomic E-state index is -0.367. The monoisotopic (exact) mass is 325 g/mol. The molecule has 110 valence electrons. The summed E-state index contributed by atoms with van der Waals surface area (Å²) in [5, 5.41) is 0.371. The molecule has 0 unspecified atom stereocenters. The van der Waals surface area contributed by atoms with Crippen LogP contribution in [0, 0.1) is 0 Å². The third-order valence-corrected chi connectivity index (χ3v) is 3.22. The highest BCUT2D eigenvalue weighted by molar-refractivity contribution is 6.35. The van der Waals surface area contributed by atoms with Gasteiger partial charge in [0.15, 0.2) is 0 Å². The van der Waals surface area contributed by atoms with Gasteiger partial charge in [-0.3, -0.25) is 9.78 Å². The molecule has 0 aliphatic rings. The zero-order chi connectivity index (χ0) is 15.4. The molecule has 7 heteroatoms. The largest absolute Gasteiger partial charge is 0.466 e. The van der Waals surface area contributed by atoms with Crippen molar-refractivity contribution in [1.29, 1.82) is 0 Å². The van der Waals surface area contributed by atoms with Crippen molar-refractivity contribution in [1.82, 2.24) is 9.97 Å².